The van der Waals surface area contributed by atoms with Crippen LogP contribution in [0.5, 0.6) is 0 Å². The van der Waals surface area contributed by atoms with Gasteiger partial charge >= 0.3 is 0 Å². The number of furan rings is 1. The molecule has 0 saturated carbocycles. The molecule has 0 radical (unpaired) electrons. The molecule has 0 aliphatic heterocycles. The lowest BCUT2D eigenvalue weighted by molar-refractivity contribution is 0.0948. The van der Waals surface area contributed by atoms with Gasteiger partial charge in [-0.3, -0.25) is 9.48 Å². The summed E-state index contributed by atoms with van der Waals surface area (Å²) in [7, 11) is 0. The van der Waals surface area contributed by atoms with Crippen LogP contribution in [0.4, 0.5) is 0 Å². The van der Waals surface area contributed by atoms with Crippen molar-refractivity contribution >= 4 is 5.91 Å². The Kier molecular flexibility index (Phi) is 4.83. The van der Waals surface area contributed by atoms with E-state index in [0.29, 0.717) is 30.1 Å². The number of carbonyl (C=O) groups excluding carboxylic acids is 1. The Morgan fingerprint density at radius 1 is 0.963 bits per heavy atom. The lowest BCUT2D eigenvalue weighted by Crippen LogP contribution is -2.22. The Bertz CT molecular complexity index is 1010. The van der Waals surface area contributed by atoms with E-state index in [-0.39, 0.29) is 5.91 Å². The first-order chi connectivity index (χ1) is 13.3. The fourth-order valence-electron chi connectivity index (χ4n) is 2.92. The quantitative estimate of drug-likeness (QED) is 0.565. The average molecular weight is 357 g/mol. The monoisotopic (exact) mass is 357 g/mol. The highest BCUT2D eigenvalue weighted by Gasteiger charge is 2.18. The van der Waals surface area contributed by atoms with Crippen LogP contribution in [0.1, 0.15) is 21.7 Å². The van der Waals surface area contributed by atoms with Crippen LogP contribution in [0.3, 0.4) is 0 Å². The van der Waals surface area contributed by atoms with Crippen LogP contribution in [-0.4, -0.2) is 15.7 Å². The van der Waals surface area contributed by atoms with Crippen LogP contribution in [-0.2, 0) is 13.1 Å². The zero-order valence-corrected chi connectivity index (χ0v) is 14.7. The molecule has 0 unspecified atom stereocenters. The van der Waals surface area contributed by atoms with Crippen LogP contribution < -0.4 is 5.32 Å². The zero-order chi connectivity index (χ0) is 18.5. The third kappa shape index (κ3) is 3.98. The molecule has 0 bridgehead atoms. The van der Waals surface area contributed by atoms with Crippen molar-refractivity contribution in [3.8, 4) is 11.3 Å². The molecule has 4 rings (SSSR count). The van der Waals surface area contributed by atoms with Gasteiger partial charge in [0.05, 0.1) is 24.9 Å². The number of rotatable bonds is 6. The van der Waals surface area contributed by atoms with Crippen molar-refractivity contribution in [2.24, 2.45) is 0 Å². The molecule has 134 valence electrons. The van der Waals surface area contributed by atoms with Crippen LogP contribution in [0.2, 0.25) is 0 Å². The summed E-state index contributed by atoms with van der Waals surface area (Å²) < 4.78 is 7.09. The van der Waals surface area contributed by atoms with Gasteiger partial charge in [0.1, 0.15) is 11.5 Å². The second-order valence-electron chi connectivity index (χ2n) is 6.20. The Labute approximate surface area is 157 Å². The molecule has 5 heteroatoms. The Balaban J connectivity index is 1.62. The standard InChI is InChI=1S/C22H19N3O2/c26-22(23-14-19-12-7-13-27-19)20-16-25(15-17-8-3-1-4-9-17)24-21(20)18-10-5-2-6-11-18/h1-13,16H,14-15H2,(H,23,26). The van der Waals surface area contributed by atoms with E-state index in [1.807, 2.05) is 66.7 Å². The molecular weight excluding hydrogens is 338 g/mol. The lowest BCUT2D eigenvalue weighted by Gasteiger charge is -2.03. The van der Waals surface area contributed by atoms with E-state index in [2.05, 4.69) is 10.4 Å². The van der Waals surface area contributed by atoms with Gasteiger partial charge in [0.2, 0.25) is 0 Å². The number of hydrogen-bond acceptors (Lipinski definition) is 3. The second-order valence-corrected chi connectivity index (χ2v) is 6.20. The normalized spacial score (nSPS) is 10.7. The first kappa shape index (κ1) is 16.8. The molecule has 2 heterocycles. The van der Waals surface area contributed by atoms with E-state index in [4.69, 9.17) is 4.42 Å². The van der Waals surface area contributed by atoms with Crippen LogP contribution in [0, 0.1) is 0 Å². The Morgan fingerprint density at radius 2 is 1.70 bits per heavy atom. The largest absolute Gasteiger partial charge is 0.467 e. The van der Waals surface area contributed by atoms with Gasteiger partial charge in [-0.15, -0.1) is 0 Å². The predicted molar refractivity (Wildman–Crippen MR) is 103 cm³/mol. The summed E-state index contributed by atoms with van der Waals surface area (Å²) in [6, 6.07) is 23.4. The van der Waals surface area contributed by atoms with Crippen molar-refractivity contribution in [1.29, 1.82) is 0 Å². The van der Waals surface area contributed by atoms with Gasteiger partial charge in [0.25, 0.3) is 5.91 Å². The van der Waals surface area contributed by atoms with Crippen LogP contribution >= 0.6 is 0 Å². The van der Waals surface area contributed by atoms with Crippen molar-refractivity contribution < 1.29 is 9.21 Å². The van der Waals surface area contributed by atoms with Crippen molar-refractivity contribution in [2.75, 3.05) is 0 Å². The lowest BCUT2D eigenvalue weighted by atomic mass is 10.1. The number of hydrogen-bond donors (Lipinski definition) is 1. The fourth-order valence-corrected chi connectivity index (χ4v) is 2.92. The highest BCUT2D eigenvalue weighted by molar-refractivity contribution is 5.99. The number of aromatic nitrogens is 2. The number of carbonyl (C=O) groups is 1. The molecule has 2 aromatic carbocycles. The topological polar surface area (TPSA) is 60.1 Å². The van der Waals surface area contributed by atoms with Gasteiger partial charge in [-0.25, -0.2) is 0 Å². The van der Waals surface area contributed by atoms with Gasteiger partial charge in [-0.1, -0.05) is 60.7 Å². The minimum Gasteiger partial charge on any atom is -0.467 e. The zero-order valence-electron chi connectivity index (χ0n) is 14.7. The summed E-state index contributed by atoms with van der Waals surface area (Å²) in [4.78, 5) is 12.8. The summed E-state index contributed by atoms with van der Waals surface area (Å²) in [6.07, 6.45) is 3.39. The molecule has 27 heavy (non-hydrogen) atoms. The molecule has 5 nitrogen and oxygen atoms in total. The van der Waals surface area contributed by atoms with E-state index in [1.165, 1.54) is 0 Å². The highest BCUT2D eigenvalue weighted by Crippen LogP contribution is 2.22. The molecule has 1 N–H and O–H groups in total. The van der Waals surface area contributed by atoms with Gasteiger partial charge in [0.15, 0.2) is 0 Å². The maximum Gasteiger partial charge on any atom is 0.255 e. The number of amides is 1. The van der Waals surface area contributed by atoms with Gasteiger partial charge in [0, 0.05) is 11.8 Å². The molecule has 2 aromatic heterocycles. The van der Waals surface area contributed by atoms with E-state index < -0.39 is 0 Å². The Morgan fingerprint density at radius 3 is 2.41 bits per heavy atom. The summed E-state index contributed by atoms with van der Waals surface area (Å²) >= 11 is 0. The molecule has 1 amide bonds. The third-order valence-corrected chi connectivity index (χ3v) is 4.24. The summed E-state index contributed by atoms with van der Waals surface area (Å²) in [6.45, 7) is 0.941. The van der Waals surface area contributed by atoms with E-state index in [1.54, 1.807) is 23.2 Å². The molecule has 0 atom stereocenters. The van der Waals surface area contributed by atoms with E-state index >= 15 is 0 Å². The first-order valence-electron chi connectivity index (χ1n) is 8.77. The fraction of sp³-hybridized carbons (Fsp3) is 0.0909. The molecule has 0 aliphatic rings. The number of nitrogens with one attached hydrogen (secondary N) is 1. The maximum atomic E-state index is 12.8. The smallest absolute Gasteiger partial charge is 0.255 e. The van der Waals surface area contributed by atoms with E-state index in [0.717, 1.165) is 11.1 Å². The summed E-state index contributed by atoms with van der Waals surface area (Å²) in [5.74, 6) is 0.533. The summed E-state index contributed by atoms with van der Waals surface area (Å²) in [5.41, 5.74) is 3.25. The molecule has 0 aliphatic carbocycles. The van der Waals surface area contributed by atoms with Crippen molar-refractivity contribution in [1.82, 2.24) is 15.1 Å². The average Bonchev–Trinajstić information content (AvgIpc) is 3.38. The summed E-state index contributed by atoms with van der Waals surface area (Å²) in [5, 5.41) is 7.58. The third-order valence-electron chi connectivity index (χ3n) is 4.24. The molecular formula is C22H19N3O2. The molecule has 4 aromatic rings. The minimum absolute atomic E-state index is 0.176. The number of nitrogens with zero attached hydrogens (tertiary/aromatic N) is 2. The molecule has 0 spiro atoms. The second kappa shape index (κ2) is 7.74. The molecule has 0 fully saturated rings. The number of benzene rings is 2. The first-order valence-corrected chi connectivity index (χ1v) is 8.77. The predicted octanol–water partition coefficient (Wildman–Crippen LogP) is 4.12. The van der Waals surface area contributed by atoms with E-state index in [9.17, 15) is 4.79 Å². The van der Waals surface area contributed by atoms with Crippen LogP contribution in [0.15, 0.2) is 89.7 Å². The maximum absolute atomic E-state index is 12.8. The highest BCUT2D eigenvalue weighted by atomic mass is 16.3. The van der Waals surface area contributed by atoms with Gasteiger partial charge < -0.3 is 9.73 Å². The van der Waals surface area contributed by atoms with Gasteiger partial charge in [-0.2, -0.15) is 5.10 Å². The molecule has 0 saturated heterocycles. The minimum atomic E-state index is -0.176. The van der Waals surface area contributed by atoms with Crippen LogP contribution in [0.25, 0.3) is 11.3 Å². The van der Waals surface area contributed by atoms with Crippen molar-refractivity contribution in [2.45, 2.75) is 13.1 Å². The SMILES string of the molecule is O=C(NCc1ccco1)c1cn(Cc2ccccc2)nc1-c1ccccc1. The van der Waals surface area contributed by atoms with Gasteiger partial charge in [-0.05, 0) is 17.7 Å². The van der Waals surface area contributed by atoms with Crippen molar-refractivity contribution in [3.05, 3.63) is 102 Å². The van der Waals surface area contributed by atoms with Crippen molar-refractivity contribution in [3.63, 3.8) is 0 Å². The Hall–Kier alpha value is -3.60.